The number of phenols is 1. The zero-order chi connectivity index (χ0) is 18.8. The van der Waals surface area contributed by atoms with Crippen LogP contribution in [-0.4, -0.2) is 33.7 Å². The maximum absolute atomic E-state index is 12.6. The molecule has 25 heavy (non-hydrogen) atoms. The minimum absolute atomic E-state index is 0.0771. The average Bonchev–Trinajstić information content (AvgIpc) is 2.54. The van der Waals surface area contributed by atoms with Crippen LogP contribution in [0.1, 0.15) is 22.8 Å². The number of anilines is 1. The molecular formula is C17H14F3NO4. The van der Waals surface area contributed by atoms with Gasteiger partial charge in [0.25, 0.3) is 5.91 Å². The molecule has 0 radical (unpaired) electrons. The van der Waals surface area contributed by atoms with E-state index < -0.39 is 29.2 Å². The second-order valence-corrected chi connectivity index (χ2v) is 5.45. The van der Waals surface area contributed by atoms with Crippen molar-refractivity contribution in [3.8, 4) is 5.75 Å². The molecule has 0 aliphatic carbocycles. The Morgan fingerprint density at radius 3 is 2.16 bits per heavy atom. The van der Waals surface area contributed by atoms with Gasteiger partial charge in [0, 0.05) is 17.3 Å². The molecule has 2 aromatic rings. The Hall–Kier alpha value is -2.87. The molecule has 2 aromatic carbocycles. The summed E-state index contributed by atoms with van der Waals surface area (Å²) in [7, 11) is 0. The van der Waals surface area contributed by atoms with Gasteiger partial charge in [0.2, 0.25) is 5.60 Å². The molecular weight excluding hydrogens is 339 g/mol. The van der Waals surface area contributed by atoms with Gasteiger partial charge in [-0.1, -0.05) is 30.3 Å². The maximum Gasteiger partial charge on any atom is 0.426 e. The van der Waals surface area contributed by atoms with Gasteiger partial charge >= 0.3 is 6.18 Å². The predicted octanol–water partition coefficient (Wildman–Crippen LogP) is 2.88. The highest BCUT2D eigenvalue weighted by Crippen LogP contribution is 2.32. The van der Waals surface area contributed by atoms with E-state index in [0.29, 0.717) is 12.5 Å². The Morgan fingerprint density at radius 1 is 1.04 bits per heavy atom. The second-order valence-electron chi connectivity index (χ2n) is 5.45. The van der Waals surface area contributed by atoms with Gasteiger partial charge in [-0.3, -0.25) is 9.59 Å². The van der Waals surface area contributed by atoms with Crippen LogP contribution in [0.3, 0.4) is 0 Å². The number of halogens is 3. The first-order valence-electron chi connectivity index (χ1n) is 7.07. The lowest BCUT2D eigenvalue weighted by atomic mass is 10.0. The van der Waals surface area contributed by atoms with E-state index >= 15 is 0 Å². The third kappa shape index (κ3) is 3.80. The van der Waals surface area contributed by atoms with Crippen molar-refractivity contribution in [2.24, 2.45) is 0 Å². The third-order valence-corrected chi connectivity index (χ3v) is 3.53. The summed E-state index contributed by atoms with van der Waals surface area (Å²) in [5.41, 5.74) is -3.56. The van der Waals surface area contributed by atoms with Gasteiger partial charge in [-0.25, -0.2) is 0 Å². The molecule has 0 spiro atoms. The standard InChI is InChI=1S/C17H14F3NO4/c1-16(25,17(18,19)20)15(24)21-11-7-8-12(13(22)9-11)14(23)10-5-3-2-4-6-10/h2-9,22,25H,1H3,(H,21,24). The summed E-state index contributed by atoms with van der Waals surface area (Å²) in [6.07, 6.45) is -5.16. The number of rotatable bonds is 4. The van der Waals surface area contributed by atoms with Crippen LogP contribution in [0.5, 0.6) is 5.75 Å². The van der Waals surface area contributed by atoms with Gasteiger partial charge in [0.05, 0.1) is 5.56 Å². The molecule has 132 valence electrons. The minimum atomic E-state index is -5.16. The minimum Gasteiger partial charge on any atom is -0.507 e. The third-order valence-electron chi connectivity index (χ3n) is 3.53. The Kier molecular flexibility index (Phi) is 4.85. The van der Waals surface area contributed by atoms with Gasteiger partial charge in [0.15, 0.2) is 5.78 Å². The molecule has 5 nitrogen and oxygen atoms in total. The summed E-state index contributed by atoms with van der Waals surface area (Å²) in [5, 5.41) is 21.1. The molecule has 0 saturated heterocycles. The predicted molar refractivity (Wildman–Crippen MR) is 83.3 cm³/mol. The number of aromatic hydroxyl groups is 1. The van der Waals surface area contributed by atoms with Crippen LogP contribution in [0.2, 0.25) is 0 Å². The largest absolute Gasteiger partial charge is 0.507 e. The fourth-order valence-electron chi connectivity index (χ4n) is 1.93. The second kappa shape index (κ2) is 6.56. The normalized spacial score (nSPS) is 13.8. The van der Waals surface area contributed by atoms with E-state index in [0.717, 1.165) is 12.1 Å². The van der Waals surface area contributed by atoms with Crippen molar-refractivity contribution in [1.29, 1.82) is 0 Å². The molecule has 0 aliphatic rings. The van der Waals surface area contributed by atoms with Crippen LogP contribution in [0.4, 0.5) is 18.9 Å². The number of carbonyl (C=O) groups excluding carboxylic acids is 2. The topological polar surface area (TPSA) is 86.6 Å². The molecule has 1 amide bonds. The van der Waals surface area contributed by atoms with Crippen molar-refractivity contribution in [2.75, 3.05) is 5.32 Å². The fourth-order valence-corrected chi connectivity index (χ4v) is 1.93. The average molecular weight is 353 g/mol. The van der Waals surface area contributed by atoms with Gasteiger partial charge in [-0.15, -0.1) is 0 Å². The number of amides is 1. The van der Waals surface area contributed by atoms with Crippen LogP contribution in [0.25, 0.3) is 0 Å². The van der Waals surface area contributed by atoms with E-state index in [1.54, 1.807) is 18.2 Å². The number of ketones is 1. The van der Waals surface area contributed by atoms with E-state index in [9.17, 15) is 33.0 Å². The van der Waals surface area contributed by atoms with Crippen LogP contribution in [0, 0.1) is 0 Å². The van der Waals surface area contributed by atoms with Crippen LogP contribution >= 0.6 is 0 Å². The highest BCUT2D eigenvalue weighted by atomic mass is 19.4. The molecule has 0 fully saturated rings. The quantitative estimate of drug-likeness (QED) is 0.738. The molecule has 0 aromatic heterocycles. The van der Waals surface area contributed by atoms with Crippen molar-refractivity contribution < 1.29 is 33.0 Å². The number of carbonyl (C=O) groups is 2. The number of hydrogen-bond donors (Lipinski definition) is 3. The van der Waals surface area contributed by atoms with Crippen molar-refractivity contribution in [3.63, 3.8) is 0 Å². The first-order chi connectivity index (χ1) is 11.5. The van der Waals surface area contributed by atoms with E-state index in [4.69, 9.17) is 0 Å². The Labute approximate surface area is 140 Å². The summed E-state index contributed by atoms with van der Waals surface area (Å²) >= 11 is 0. The van der Waals surface area contributed by atoms with E-state index in [-0.39, 0.29) is 11.3 Å². The van der Waals surface area contributed by atoms with E-state index in [2.05, 4.69) is 0 Å². The Bertz CT molecular complexity index is 801. The Balaban J connectivity index is 2.23. The summed E-state index contributed by atoms with van der Waals surface area (Å²) < 4.78 is 37.9. The monoisotopic (exact) mass is 353 g/mol. The molecule has 2 rings (SSSR count). The van der Waals surface area contributed by atoms with Crippen molar-refractivity contribution in [3.05, 3.63) is 59.7 Å². The fraction of sp³-hybridized carbons (Fsp3) is 0.176. The van der Waals surface area contributed by atoms with Crippen LogP contribution in [0.15, 0.2) is 48.5 Å². The number of nitrogens with one attached hydrogen (secondary N) is 1. The first kappa shape index (κ1) is 18.5. The maximum atomic E-state index is 12.6. The zero-order valence-corrected chi connectivity index (χ0v) is 13.0. The molecule has 1 unspecified atom stereocenters. The van der Waals surface area contributed by atoms with Gasteiger partial charge < -0.3 is 15.5 Å². The number of benzene rings is 2. The van der Waals surface area contributed by atoms with Crippen LogP contribution in [-0.2, 0) is 4.79 Å². The summed E-state index contributed by atoms with van der Waals surface area (Å²) in [6.45, 7) is 0.315. The molecule has 8 heteroatoms. The molecule has 0 aliphatic heterocycles. The van der Waals surface area contributed by atoms with Crippen LogP contribution < -0.4 is 5.32 Å². The lowest BCUT2D eigenvalue weighted by Gasteiger charge is -2.24. The van der Waals surface area contributed by atoms with E-state index in [1.165, 1.54) is 18.2 Å². The summed E-state index contributed by atoms with van der Waals surface area (Å²) in [5.74, 6) is -2.71. The van der Waals surface area contributed by atoms with Crippen molar-refractivity contribution in [1.82, 2.24) is 0 Å². The van der Waals surface area contributed by atoms with Crippen molar-refractivity contribution >= 4 is 17.4 Å². The number of alkyl halides is 3. The van der Waals surface area contributed by atoms with Gasteiger partial charge in [-0.2, -0.15) is 13.2 Å². The lowest BCUT2D eigenvalue weighted by molar-refractivity contribution is -0.242. The summed E-state index contributed by atoms with van der Waals surface area (Å²) in [6, 6.07) is 11.3. The zero-order valence-electron chi connectivity index (χ0n) is 13.0. The van der Waals surface area contributed by atoms with Gasteiger partial charge in [-0.05, 0) is 19.1 Å². The van der Waals surface area contributed by atoms with Gasteiger partial charge in [0.1, 0.15) is 5.75 Å². The first-order valence-corrected chi connectivity index (χ1v) is 7.07. The highest BCUT2D eigenvalue weighted by Gasteiger charge is 2.55. The lowest BCUT2D eigenvalue weighted by Crippen LogP contribution is -2.52. The molecule has 3 N–H and O–H groups in total. The molecule has 0 heterocycles. The SMILES string of the molecule is CC(O)(C(=O)Nc1ccc(C(=O)c2ccccc2)c(O)c1)C(F)(F)F. The number of aliphatic hydroxyl groups is 1. The summed E-state index contributed by atoms with van der Waals surface area (Å²) in [4.78, 5) is 23.9. The molecule has 0 bridgehead atoms. The Morgan fingerprint density at radius 2 is 1.64 bits per heavy atom. The smallest absolute Gasteiger partial charge is 0.426 e. The van der Waals surface area contributed by atoms with E-state index in [1.807, 2.05) is 5.32 Å². The molecule has 1 atom stereocenters. The number of hydrogen-bond acceptors (Lipinski definition) is 4. The highest BCUT2D eigenvalue weighted by molar-refractivity contribution is 6.11. The molecule has 0 saturated carbocycles. The number of phenolic OH excluding ortho intramolecular Hbond substituents is 1. The van der Waals surface area contributed by atoms with Crippen molar-refractivity contribution in [2.45, 2.75) is 18.7 Å².